The Labute approximate surface area is 173 Å². The minimum atomic E-state index is -0.195. The molecule has 0 radical (unpaired) electrons. The lowest BCUT2D eigenvalue weighted by Gasteiger charge is -2.12. The number of rotatable bonds is 8. The molecule has 0 unspecified atom stereocenters. The molecular weight excluding hydrogens is 396 g/mol. The van der Waals surface area contributed by atoms with Crippen LogP contribution in [0.4, 0.5) is 0 Å². The monoisotopic (exact) mass is 416 g/mol. The van der Waals surface area contributed by atoms with Crippen molar-refractivity contribution in [3.05, 3.63) is 64.9 Å². The fourth-order valence-electron chi connectivity index (χ4n) is 2.58. The van der Waals surface area contributed by atoms with Crippen LogP contribution in [0.25, 0.3) is 5.69 Å². The van der Waals surface area contributed by atoms with Crippen LogP contribution >= 0.6 is 23.4 Å². The Morgan fingerprint density at radius 3 is 2.61 bits per heavy atom. The van der Waals surface area contributed by atoms with Crippen molar-refractivity contribution >= 4 is 29.3 Å². The Balaban J connectivity index is 1.82. The van der Waals surface area contributed by atoms with E-state index in [4.69, 9.17) is 16.3 Å². The highest BCUT2D eigenvalue weighted by atomic mass is 35.5. The van der Waals surface area contributed by atoms with E-state index in [0.29, 0.717) is 22.2 Å². The molecule has 6 nitrogen and oxygen atoms in total. The highest BCUT2D eigenvalue weighted by molar-refractivity contribution is 7.99. The summed E-state index contributed by atoms with van der Waals surface area (Å²) in [4.78, 5) is 12.5. The maximum absolute atomic E-state index is 12.5. The number of methoxy groups -OCH3 is 1. The number of para-hydroxylation sites is 1. The van der Waals surface area contributed by atoms with Gasteiger partial charge in [-0.2, -0.15) is 0 Å². The first kappa shape index (κ1) is 20.2. The molecule has 3 rings (SSSR count). The molecular formula is C20H21ClN4O2S. The number of carbonyl (C=O) groups excluding carboxylic acids is 1. The van der Waals surface area contributed by atoms with Gasteiger partial charge in [-0.05, 0) is 42.8 Å². The van der Waals surface area contributed by atoms with E-state index < -0.39 is 0 Å². The van der Waals surface area contributed by atoms with Crippen LogP contribution in [0.5, 0.6) is 5.75 Å². The third-order valence-electron chi connectivity index (χ3n) is 3.99. The average Bonchev–Trinajstić information content (AvgIpc) is 3.13. The number of amides is 1. The molecule has 1 N–H and O–H groups in total. The first-order chi connectivity index (χ1) is 13.6. The number of benzene rings is 2. The smallest absolute Gasteiger partial charge is 0.251 e. The van der Waals surface area contributed by atoms with Crippen LogP contribution < -0.4 is 10.1 Å². The van der Waals surface area contributed by atoms with E-state index in [-0.39, 0.29) is 12.5 Å². The third kappa shape index (κ3) is 4.66. The van der Waals surface area contributed by atoms with E-state index in [0.717, 1.165) is 23.0 Å². The van der Waals surface area contributed by atoms with Crippen molar-refractivity contribution in [3.63, 3.8) is 0 Å². The van der Waals surface area contributed by atoms with Crippen LogP contribution in [0.2, 0.25) is 5.02 Å². The number of halogens is 1. The zero-order valence-corrected chi connectivity index (χ0v) is 17.3. The van der Waals surface area contributed by atoms with Gasteiger partial charge in [0.1, 0.15) is 5.75 Å². The van der Waals surface area contributed by atoms with Gasteiger partial charge in [-0.25, -0.2) is 0 Å². The fourth-order valence-corrected chi connectivity index (χ4v) is 3.62. The van der Waals surface area contributed by atoms with Crippen molar-refractivity contribution in [2.45, 2.75) is 25.0 Å². The molecule has 28 heavy (non-hydrogen) atoms. The average molecular weight is 417 g/mol. The molecule has 3 aromatic rings. The highest BCUT2D eigenvalue weighted by Crippen LogP contribution is 2.27. The lowest BCUT2D eigenvalue weighted by Crippen LogP contribution is -2.24. The number of hydrogen-bond donors (Lipinski definition) is 1. The van der Waals surface area contributed by atoms with E-state index >= 15 is 0 Å². The van der Waals surface area contributed by atoms with Crippen LogP contribution in [-0.2, 0) is 6.54 Å². The number of aromatic nitrogens is 3. The van der Waals surface area contributed by atoms with E-state index in [9.17, 15) is 4.79 Å². The third-order valence-corrected chi connectivity index (χ3v) is 5.44. The zero-order valence-electron chi connectivity index (χ0n) is 15.7. The molecule has 0 bridgehead atoms. The summed E-state index contributed by atoms with van der Waals surface area (Å²) in [5.74, 6) is 2.04. The van der Waals surface area contributed by atoms with Crippen LogP contribution in [0, 0.1) is 0 Å². The van der Waals surface area contributed by atoms with Gasteiger partial charge in [0.05, 0.1) is 24.4 Å². The molecule has 0 spiro atoms. The predicted octanol–water partition coefficient (Wildman–Crippen LogP) is 4.36. The second-order valence-corrected chi connectivity index (χ2v) is 7.41. The summed E-state index contributed by atoms with van der Waals surface area (Å²) in [6.45, 7) is 2.34. The molecule has 0 aliphatic rings. The van der Waals surface area contributed by atoms with Crippen molar-refractivity contribution in [1.29, 1.82) is 0 Å². The van der Waals surface area contributed by atoms with Gasteiger partial charge in [0, 0.05) is 11.3 Å². The zero-order chi connectivity index (χ0) is 19.9. The number of carbonyl (C=O) groups is 1. The molecule has 0 aliphatic carbocycles. The van der Waals surface area contributed by atoms with Gasteiger partial charge in [0.15, 0.2) is 11.0 Å². The lowest BCUT2D eigenvalue weighted by atomic mass is 10.2. The van der Waals surface area contributed by atoms with E-state index in [2.05, 4.69) is 22.4 Å². The highest BCUT2D eigenvalue weighted by Gasteiger charge is 2.17. The normalized spacial score (nSPS) is 10.7. The number of nitrogens with one attached hydrogen (secondary N) is 1. The SMILES string of the molecule is CCCSc1nnc(CNC(=O)c2ccc(OC)cc2)n1-c1ccccc1Cl. The molecule has 2 aromatic carbocycles. The van der Waals surface area contributed by atoms with Gasteiger partial charge in [-0.15, -0.1) is 10.2 Å². The minimum absolute atomic E-state index is 0.195. The van der Waals surface area contributed by atoms with Crippen LogP contribution in [0.3, 0.4) is 0 Å². The van der Waals surface area contributed by atoms with Crippen LogP contribution in [-0.4, -0.2) is 33.5 Å². The van der Waals surface area contributed by atoms with Gasteiger partial charge in [0.25, 0.3) is 5.91 Å². The first-order valence-corrected chi connectivity index (χ1v) is 10.2. The largest absolute Gasteiger partial charge is 0.497 e. The Morgan fingerprint density at radius 2 is 1.93 bits per heavy atom. The van der Waals surface area contributed by atoms with Crippen molar-refractivity contribution in [1.82, 2.24) is 20.1 Å². The van der Waals surface area contributed by atoms with Crippen LogP contribution in [0.1, 0.15) is 29.5 Å². The van der Waals surface area contributed by atoms with Crippen molar-refractivity contribution in [2.75, 3.05) is 12.9 Å². The summed E-state index contributed by atoms with van der Waals surface area (Å²) in [5, 5.41) is 12.8. The summed E-state index contributed by atoms with van der Waals surface area (Å²) in [6.07, 6.45) is 1.02. The standard InChI is InChI=1S/C20H21ClN4O2S/c1-3-12-28-20-24-23-18(25(20)17-7-5-4-6-16(17)21)13-22-19(26)14-8-10-15(27-2)11-9-14/h4-11H,3,12-13H2,1-2H3,(H,22,26). The summed E-state index contributed by atoms with van der Waals surface area (Å²) < 4.78 is 7.02. The second kappa shape index (κ2) is 9.61. The van der Waals surface area contributed by atoms with Crippen LogP contribution in [0.15, 0.2) is 53.7 Å². The minimum Gasteiger partial charge on any atom is -0.497 e. The Hall–Kier alpha value is -2.51. The maximum atomic E-state index is 12.5. The Bertz CT molecular complexity index is 944. The Kier molecular flexibility index (Phi) is 6.95. The Morgan fingerprint density at radius 1 is 1.18 bits per heavy atom. The van der Waals surface area contributed by atoms with E-state index in [1.165, 1.54) is 0 Å². The summed E-state index contributed by atoms with van der Waals surface area (Å²) in [5.41, 5.74) is 1.34. The molecule has 0 atom stereocenters. The van der Waals surface area contributed by atoms with Gasteiger partial charge in [-0.1, -0.05) is 42.4 Å². The van der Waals surface area contributed by atoms with Gasteiger partial charge < -0.3 is 10.1 Å². The van der Waals surface area contributed by atoms with Crippen molar-refractivity contribution in [3.8, 4) is 11.4 Å². The maximum Gasteiger partial charge on any atom is 0.251 e. The summed E-state index contributed by atoms with van der Waals surface area (Å²) in [7, 11) is 1.59. The second-order valence-electron chi connectivity index (χ2n) is 5.95. The lowest BCUT2D eigenvalue weighted by molar-refractivity contribution is 0.0949. The number of ether oxygens (including phenoxy) is 1. The fraction of sp³-hybridized carbons (Fsp3) is 0.250. The van der Waals surface area contributed by atoms with Crippen molar-refractivity contribution < 1.29 is 9.53 Å². The predicted molar refractivity (Wildman–Crippen MR) is 112 cm³/mol. The molecule has 146 valence electrons. The molecule has 1 heterocycles. The van der Waals surface area contributed by atoms with Gasteiger partial charge >= 0.3 is 0 Å². The number of nitrogens with zero attached hydrogens (tertiary/aromatic N) is 3. The van der Waals surface area contributed by atoms with E-state index in [1.54, 1.807) is 43.1 Å². The van der Waals surface area contributed by atoms with Gasteiger partial charge in [-0.3, -0.25) is 9.36 Å². The molecule has 8 heteroatoms. The molecule has 0 fully saturated rings. The molecule has 1 amide bonds. The molecule has 0 saturated heterocycles. The first-order valence-electron chi connectivity index (χ1n) is 8.88. The molecule has 0 aliphatic heterocycles. The topological polar surface area (TPSA) is 69.0 Å². The number of hydrogen-bond acceptors (Lipinski definition) is 5. The quantitative estimate of drug-likeness (QED) is 0.552. The summed E-state index contributed by atoms with van der Waals surface area (Å²) in [6, 6.07) is 14.5. The van der Waals surface area contributed by atoms with Gasteiger partial charge in [0.2, 0.25) is 0 Å². The summed E-state index contributed by atoms with van der Waals surface area (Å²) >= 11 is 8.01. The molecule has 1 aromatic heterocycles. The number of thioether (sulfide) groups is 1. The van der Waals surface area contributed by atoms with E-state index in [1.807, 2.05) is 28.8 Å². The molecule has 0 saturated carbocycles. The van der Waals surface area contributed by atoms with Crippen molar-refractivity contribution in [2.24, 2.45) is 0 Å².